The summed E-state index contributed by atoms with van der Waals surface area (Å²) in [4.78, 5) is 40.5. The van der Waals surface area contributed by atoms with Gasteiger partial charge < -0.3 is 15.1 Å². The van der Waals surface area contributed by atoms with Gasteiger partial charge in [0.25, 0.3) is 0 Å². The maximum Gasteiger partial charge on any atom is 0.237 e. The lowest BCUT2D eigenvalue weighted by Crippen LogP contribution is -2.57. The molecule has 0 aliphatic carbocycles. The van der Waals surface area contributed by atoms with Crippen molar-refractivity contribution >= 4 is 17.5 Å². The van der Waals surface area contributed by atoms with E-state index in [1.54, 1.807) is 6.20 Å². The van der Waals surface area contributed by atoms with Crippen LogP contribution < -0.4 is 10.2 Å². The molecule has 2 amide bonds. The van der Waals surface area contributed by atoms with Crippen molar-refractivity contribution in [2.45, 2.75) is 32.9 Å². The summed E-state index contributed by atoms with van der Waals surface area (Å²) >= 11 is 0. The van der Waals surface area contributed by atoms with Crippen molar-refractivity contribution in [1.29, 1.82) is 0 Å². The summed E-state index contributed by atoms with van der Waals surface area (Å²) in [5.74, 6) is -0.0233. The molecule has 0 aromatic carbocycles. The van der Waals surface area contributed by atoms with Crippen molar-refractivity contribution in [2.75, 3.05) is 44.2 Å². The summed E-state index contributed by atoms with van der Waals surface area (Å²) in [5.41, 5.74) is 4.22. The fraction of sp³-hybridized carbons (Fsp3) is 0.478. The average molecular weight is 423 g/mol. The number of hydrogen-bond acceptors (Lipinski definition) is 6. The van der Waals surface area contributed by atoms with Gasteiger partial charge >= 0.3 is 0 Å². The van der Waals surface area contributed by atoms with E-state index in [1.165, 1.54) is 0 Å². The minimum Gasteiger partial charge on any atom is -0.368 e. The van der Waals surface area contributed by atoms with Gasteiger partial charge in [0, 0.05) is 75.3 Å². The van der Waals surface area contributed by atoms with Gasteiger partial charge in [-0.2, -0.15) is 0 Å². The molecule has 2 fully saturated rings. The molecule has 0 saturated carbocycles. The molecule has 0 radical (unpaired) electrons. The predicted octanol–water partition coefficient (Wildman–Crippen LogP) is 1.13. The Balaban J connectivity index is 1.36. The topological polar surface area (TPSA) is 81.7 Å². The molecule has 8 nitrogen and oxygen atoms in total. The van der Waals surface area contributed by atoms with Crippen LogP contribution in [0.15, 0.2) is 36.7 Å². The Hall–Kier alpha value is -3.00. The molecule has 4 rings (SSSR count). The van der Waals surface area contributed by atoms with Crippen LogP contribution in [-0.4, -0.2) is 76.9 Å². The molecule has 0 bridgehead atoms. The summed E-state index contributed by atoms with van der Waals surface area (Å²) in [6.45, 7) is 8.85. The molecule has 1 N–H and O–H groups in total. The maximum absolute atomic E-state index is 13.0. The van der Waals surface area contributed by atoms with Crippen LogP contribution in [0.1, 0.15) is 23.4 Å². The number of amides is 2. The molecule has 1 atom stereocenters. The van der Waals surface area contributed by atoms with Crippen LogP contribution >= 0.6 is 0 Å². The van der Waals surface area contributed by atoms with E-state index in [0.29, 0.717) is 26.2 Å². The predicted molar refractivity (Wildman–Crippen MR) is 119 cm³/mol. The highest BCUT2D eigenvalue weighted by Crippen LogP contribution is 2.20. The minimum absolute atomic E-state index is 0.0416. The summed E-state index contributed by atoms with van der Waals surface area (Å²) in [5, 5.41) is 2.91. The fourth-order valence-corrected chi connectivity index (χ4v) is 4.40. The molecule has 8 heteroatoms. The van der Waals surface area contributed by atoms with E-state index >= 15 is 0 Å². The van der Waals surface area contributed by atoms with Crippen molar-refractivity contribution in [2.24, 2.45) is 0 Å². The highest BCUT2D eigenvalue weighted by atomic mass is 16.2. The van der Waals surface area contributed by atoms with Gasteiger partial charge in [-0.3, -0.25) is 24.5 Å². The van der Waals surface area contributed by atoms with Crippen LogP contribution in [0, 0.1) is 13.8 Å². The Kier molecular flexibility index (Phi) is 6.46. The van der Waals surface area contributed by atoms with Crippen LogP contribution in [-0.2, 0) is 16.1 Å². The van der Waals surface area contributed by atoms with Crippen molar-refractivity contribution in [3.05, 3.63) is 53.6 Å². The number of aryl methyl sites for hydroxylation is 2. The Labute approximate surface area is 183 Å². The number of piperazine rings is 2. The zero-order chi connectivity index (χ0) is 21.8. The van der Waals surface area contributed by atoms with Crippen LogP contribution in [0.25, 0.3) is 0 Å². The number of rotatable bonds is 5. The zero-order valence-corrected chi connectivity index (χ0v) is 18.3. The van der Waals surface area contributed by atoms with E-state index in [9.17, 15) is 9.59 Å². The van der Waals surface area contributed by atoms with Crippen LogP contribution in [0.4, 0.5) is 5.69 Å². The van der Waals surface area contributed by atoms with Crippen LogP contribution in [0.3, 0.4) is 0 Å². The van der Waals surface area contributed by atoms with Crippen LogP contribution in [0.5, 0.6) is 0 Å². The average Bonchev–Trinajstić information content (AvgIpc) is 2.76. The van der Waals surface area contributed by atoms with E-state index in [1.807, 2.05) is 37.1 Å². The van der Waals surface area contributed by atoms with Crippen molar-refractivity contribution in [3.8, 4) is 0 Å². The molecule has 4 heterocycles. The quantitative estimate of drug-likeness (QED) is 0.778. The molecule has 2 aromatic rings. The second kappa shape index (κ2) is 9.43. The number of hydrogen-bond donors (Lipinski definition) is 1. The number of nitrogens with zero attached hydrogens (tertiary/aromatic N) is 5. The molecular formula is C23H30N6O2. The van der Waals surface area contributed by atoms with Gasteiger partial charge in [0.05, 0.1) is 12.5 Å². The van der Waals surface area contributed by atoms with Gasteiger partial charge in [-0.15, -0.1) is 0 Å². The number of anilines is 1. The van der Waals surface area contributed by atoms with E-state index in [-0.39, 0.29) is 18.2 Å². The Morgan fingerprint density at radius 2 is 1.87 bits per heavy atom. The first kappa shape index (κ1) is 21.2. The number of pyridine rings is 2. The zero-order valence-electron chi connectivity index (χ0n) is 18.3. The molecule has 0 unspecified atom stereocenters. The van der Waals surface area contributed by atoms with E-state index in [0.717, 1.165) is 42.3 Å². The van der Waals surface area contributed by atoms with Gasteiger partial charge in [-0.05, 0) is 37.6 Å². The standard InChI is InChI=1S/C23H30N6O2/c1-17-12-20(13-18(2)26-17)27-8-10-28(11-9-27)22(30)14-21-23(31)25-6-7-29(21)16-19-4-3-5-24-15-19/h3-5,12-13,15,21H,6-11,14,16H2,1-2H3,(H,25,31)/t21-/m1/s1. The summed E-state index contributed by atoms with van der Waals surface area (Å²) in [6, 6.07) is 7.63. The second-order valence-corrected chi connectivity index (χ2v) is 8.32. The third-order valence-corrected chi connectivity index (χ3v) is 5.98. The number of carbonyl (C=O) groups is 2. The monoisotopic (exact) mass is 422 g/mol. The maximum atomic E-state index is 13.0. The van der Waals surface area contributed by atoms with Gasteiger partial charge in [0.15, 0.2) is 0 Å². The molecule has 31 heavy (non-hydrogen) atoms. The van der Waals surface area contributed by atoms with Gasteiger partial charge in [0.2, 0.25) is 11.8 Å². The van der Waals surface area contributed by atoms with Crippen molar-refractivity contribution < 1.29 is 9.59 Å². The molecule has 2 aromatic heterocycles. The number of nitrogens with one attached hydrogen (secondary N) is 1. The minimum atomic E-state index is -0.440. The van der Waals surface area contributed by atoms with Crippen molar-refractivity contribution in [3.63, 3.8) is 0 Å². The Morgan fingerprint density at radius 1 is 1.13 bits per heavy atom. The molecule has 2 saturated heterocycles. The summed E-state index contributed by atoms with van der Waals surface area (Å²) < 4.78 is 0. The smallest absolute Gasteiger partial charge is 0.237 e. The second-order valence-electron chi connectivity index (χ2n) is 8.32. The van der Waals surface area contributed by atoms with E-state index < -0.39 is 6.04 Å². The number of aromatic nitrogens is 2. The molecule has 164 valence electrons. The van der Waals surface area contributed by atoms with E-state index in [4.69, 9.17) is 0 Å². The molecule has 0 spiro atoms. The lowest BCUT2D eigenvalue weighted by molar-refractivity contribution is -0.139. The lowest BCUT2D eigenvalue weighted by Gasteiger charge is -2.39. The Morgan fingerprint density at radius 3 is 2.55 bits per heavy atom. The molecule has 2 aliphatic heterocycles. The summed E-state index contributed by atoms with van der Waals surface area (Å²) in [6.07, 6.45) is 3.76. The highest BCUT2D eigenvalue weighted by Gasteiger charge is 2.33. The highest BCUT2D eigenvalue weighted by molar-refractivity contribution is 5.89. The SMILES string of the molecule is Cc1cc(N2CCN(C(=O)C[C@@H]3C(=O)NCCN3Cc3cccnc3)CC2)cc(C)n1. The first-order chi connectivity index (χ1) is 15.0. The Bertz CT molecular complexity index is 907. The van der Waals surface area contributed by atoms with Gasteiger partial charge in [0.1, 0.15) is 0 Å². The largest absolute Gasteiger partial charge is 0.368 e. The van der Waals surface area contributed by atoms with E-state index in [2.05, 4.69) is 37.2 Å². The molecular weight excluding hydrogens is 392 g/mol. The third kappa shape index (κ3) is 5.19. The molecule has 2 aliphatic rings. The van der Waals surface area contributed by atoms with Crippen molar-refractivity contribution in [1.82, 2.24) is 25.1 Å². The third-order valence-electron chi connectivity index (χ3n) is 5.98. The first-order valence-corrected chi connectivity index (χ1v) is 10.9. The normalized spacial score (nSPS) is 19.9. The summed E-state index contributed by atoms with van der Waals surface area (Å²) in [7, 11) is 0. The fourth-order valence-electron chi connectivity index (χ4n) is 4.40. The lowest BCUT2D eigenvalue weighted by atomic mass is 10.1. The van der Waals surface area contributed by atoms with Crippen LogP contribution in [0.2, 0.25) is 0 Å². The number of carbonyl (C=O) groups excluding carboxylic acids is 2. The van der Waals surface area contributed by atoms with Gasteiger partial charge in [-0.25, -0.2) is 0 Å². The van der Waals surface area contributed by atoms with Gasteiger partial charge in [-0.1, -0.05) is 6.07 Å². The first-order valence-electron chi connectivity index (χ1n) is 10.9.